The van der Waals surface area contributed by atoms with Crippen molar-refractivity contribution in [1.82, 2.24) is 30.4 Å². The Morgan fingerprint density at radius 1 is 1.29 bits per heavy atom. The highest BCUT2D eigenvalue weighted by Crippen LogP contribution is 2.08. The number of benzene rings is 1. The van der Waals surface area contributed by atoms with E-state index in [4.69, 9.17) is 0 Å². The fraction of sp³-hybridized carbons (Fsp3) is 0. The number of carbonyl (C=O) groups is 1. The lowest BCUT2D eigenvalue weighted by molar-refractivity contribution is -0.111. The smallest absolute Gasteiger partial charge is 0.270 e. The third-order valence-electron chi connectivity index (χ3n) is 2.63. The molecule has 0 atom stereocenters. The highest BCUT2D eigenvalue weighted by Gasteiger charge is 2.02. The van der Waals surface area contributed by atoms with Gasteiger partial charge < -0.3 is 0 Å². The van der Waals surface area contributed by atoms with Crippen molar-refractivity contribution < 1.29 is 4.79 Å². The number of nitrogens with zero attached hydrogens (tertiary/aromatic N) is 5. The maximum atomic E-state index is 11.6. The Kier molecular flexibility index (Phi) is 3.50. The van der Waals surface area contributed by atoms with Crippen molar-refractivity contribution in [3.05, 3.63) is 54.4 Å². The van der Waals surface area contributed by atoms with Crippen molar-refractivity contribution in [2.45, 2.75) is 0 Å². The maximum absolute atomic E-state index is 11.6. The van der Waals surface area contributed by atoms with Crippen LogP contribution in [0.15, 0.2) is 48.8 Å². The van der Waals surface area contributed by atoms with Gasteiger partial charge in [-0.05, 0) is 23.4 Å². The second kappa shape index (κ2) is 5.78. The van der Waals surface area contributed by atoms with E-state index in [1.54, 1.807) is 17.0 Å². The third-order valence-corrected chi connectivity index (χ3v) is 2.63. The first kappa shape index (κ1) is 12.7. The first-order chi connectivity index (χ1) is 10.3. The summed E-state index contributed by atoms with van der Waals surface area (Å²) in [5.41, 5.74) is 1.76. The molecule has 0 aliphatic carbocycles. The molecule has 1 aromatic carbocycles. The number of H-pyrrole nitrogens is 1. The molecular weight excluding hydrogens is 270 g/mol. The van der Waals surface area contributed by atoms with Gasteiger partial charge in [0.05, 0.1) is 11.9 Å². The van der Waals surface area contributed by atoms with E-state index in [1.807, 2.05) is 36.5 Å². The van der Waals surface area contributed by atoms with E-state index < -0.39 is 0 Å². The molecule has 2 aromatic heterocycles. The highest BCUT2D eigenvalue weighted by molar-refractivity contribution is 6.00. The molecule has 2 heterocycles. The number of aromatic amines is 1. The summed E-state index contributed by atoms with van der Waals surface area (Å²) in [4.78, 5) is 11.6. The average Bonchev–Trinajstić information content (AvgIpc) is 3.17. The van der Waals surface area contributed by atoms with Crippen molar-refractivity contribution in [2.24, 2.45) is 0 Å². The van der Waals surface area contributed by atoms with Crippen LogP contribution >= 0.6 is 0 Å². The van der Waals surface area contributed by atoms with Gasteiger partial charge in [0.15, 0.2) is 0 Å². The Balaban J connectivity index is 1.67. The van der Waals surface area contributed by atoms with Gasteiger partial charge in [0.1, 0.15) is 0 Å². The van der Waals surface area contributed by atoms with Gasteiger partial charge in [-0.1, -0.05) is 23.3 Å². The molecule has 0 aliphatic heterocycles. The quantitative estimate of drug-likeness (QED) is 0.696. The van der Waals surface area contributed by atoms with Gasteiger partial charge in [-0.15, -0.1) is 5.10 Å². The highest BCUT2D eigenvalue weighted by atomic mass is 16.1. The van der Waals surface area contributed by atoms with Crippen LogP contribution in [0.4, 0.5) is 5.95 Å². The number of nitrogens with one attached hydrogen (secondary N) is 2. The zero-order chi connectivity index (χ0) is 14.5. The Hall–Kier alpha value is -3.29. The van der Waals surface area contributed by atoms with Crippen LogP contribution in [-0.4, -0.2) is 36.3 Å². The number of tetrazole rings is 1. The predicted octanol–water partition coefficient (Wildman–Crippen LogP) is 1.04. The zero-order valence-corrected chi connectivity index (χ0v) is 10.8. The summed E-state index contributed by atoms with van der Waals surface area (Å²) < 4.78 is 1.73. The summed E-state index contributed by atoms with van der Waals surface area (Å²) in [5, 5.41) is 19.5. The van der Waals surface area contributed by atoms with Gasteiger partial charge in [0.2, 0.25) is 0 Å². The maximum Gasteiger partial charge on any atom is 0.270 e. The Morgan fingerprint density at radius 2 is 2.14 bits per heavy atom. The van der Waals surface area contributed by atoms with Gasteiger partial charge in [0, 0.05) is 17.8 Å². The Morgan fingerprint density at radius 3 is 2.90 bits per heavy atom. The minimum Gasteiger partial charge on any atom is -0.288 e. The molecule has 104 valence electrons. The number of amides is 1. The van der Waals surface area contributed by atoms with Crippen LogP contribution in [0.25, 0.3) is 11.8 Å². The van der Waals surface area contributed by atoms with Gasteiger partial charge in [-0.25, -0.2) is 4.68 Å². The molecule has 3 rings (SSSR count). The fourth-order valence-electron chi connectivity index (χ4n) is 1.68. The van der Waals surface area contributed by atoms with Gasteiger partial charge >= 0.3 is 0 Å². The lowest BCUT2D eigenvalue weighted by Crippen LogP contribution is -2.09. The molecule has 2 N–H and O–H groups in total. The average molecular weight is 281 g/mol. The van der Waals surface area contributed by atoms with Crippen LogP contribution in [0.1, 0.15) is 5.56 Å². The second-order valence-corrected chi connectivity index (χ2v) is 4.11. The topological polar surface area (TPSA) is 101 Å². The van der Waals surface area contributed by atoms with E-state index >= 15 is 0 Å². The summed E-state index contributed by atoms with van der Waals surface area (Å²) in [6, 6.07) is 9.71. The number of rotatable bonds is 4. The van der Waals surface area contributed by atoms with Gasteiger partial charge in [-0.2, -0.15) is 10.3 Å². The molecule has 8 heteroatoms. The molecule has 0 unspecified atom stereocenters. The summed E-state index contributed by atoms with van der Waals surface area (Å²) in [5.74, 6) is -0.214. The number of carbonyl (C=O) groups excluding carboxylic acids is 1. The molecule has 0 fully saturated rings. The predicted molar refractivity (Wildman–Crippen MR) is 75.4 cm³/mol. The number of aromatic nitrogens is 6. The van der Waals surface area contributed by atoms with Crippen molar-refractivity contribution in [2.75, 3.05) is 5.32 Å². The molecular formula is C13H11N7O. The fourth-order valence-corrected chi connectivity index (χ4v) is 1.68. The Bertz CT molecular complexity index is 746. The summed E-state index contributed by atoms with van der Waals surface area (Å²) >= 11 is 0. The lowest BCUT2D eigenvalue weighted by Gasteiger charge is -1.98. The number of para-hydroxylation sites is 1. The molecule has 0 radical (unpaired) electrons. The largest absolute Gasteiger partial charge is 0.288 e. The van der Waals surface area contributed by atoms with E-state index in [0.29, 0.717) is 0 Å². The summed E-state index contributed by atoms with van der Waals surface area (Å²) in [6.07, 6.45) is 6.53. The number of hydrogen-bond donors (Lipinski definition) is 2. The molecule has 0 saturated heterocycles. The van der Waals surface area contributed by atoms with E-state index in [2.05, 4.69) is 31.0 Å². The summed E-state index contributed by atoms with van der Waals surface area (Å²) in [7, 11) is 0. The van der Waals surface area contributed by atoms with E-state index in [9.17, 15) is 4.79 Å². The molecule has 3 aromatic rings. The van der Waals surface area contributed by atoms with Crippen LogP contribution < -0.4 is 5.32 Å². The van der Waals surface area contributed by atoms with Crippen LogP contribution in [0.2, 0.25) is 0 Å². The van der Waals surface area contributed by atoms with Crippen LogP contribution in [0.5, 0.6) is 0 Å². The minimum absolute atomic E-state index is 0.129. The van der Waals surface area contributed by atoms with Crippen LogP contribution in [0, 0.1) is 0 Å². The van der Waals surface area contributed by atoms with Crippen molar-refractivity contribution in [1.29, 1.82) is 0 Å². The molecule has 1 amide bonds. The van der Waals surface area contributed by atoms with E-state index in [1.165, 1.54) is 6.08 Å². The van der Waals surface area contributed by atoms with Gasteiger partial charge in [0.25, 0.3) is 11.9 Å². The number of hydrogen-bond acceptors (Lipinski definition) is 5. The molecule has 0 saturated carbocycles. The van der Waals surface area contributed by atoms with Gasteiger partial charge in [-0.3, -0.25) is 10.1 Å². The SMILES string of the molecule is O=C(C=Cc1cnn(-c2ccccc2)c1)Nc1nn[nH]n1. The van der Waals surface area contributed by atoms with E-state index in [-0.39, 0.29) is 11.9 Å². The molecule has 0 aliphatic rings. The molecule has 0 bridgehead atoms. The minimum atomic E-state index is -0.344. The second-order valence-electron chi connectivity index (χ2n) is 4.11. The van der Waals surface area contributed by atoms with Crippen LogP contribution in [-0.2, 0) is 4.79 Å². The van der Waals surface area contributed by atoms with E-state index in [0.717, 1.165) is 11.3 Å². The third kappa shape index (κ3) is 3.18. The van der Waals surface area contributed by atoms with Crippen molar-refractivity contribution in [3.8, 4) is 5.69 Å². The van der Waals surface area contributed by atoms with Crippen LogP contribution in [0.3, 0.4) is 0 Å². The first-order valence-corrected chi connectivity index (χ1v) is 6.14. The lowest BCUT2D eigenvalue weighted by atomic mass is 10.3. The zero-order valence-electron chi connectivity index (χ0n) is 10.8. The number of anilines is 1. The summed E-state index contributed by atoms with van der Waals surface area (Å²) in [6.45, 7) is 0. The standard InChI is InChI=1S/C13H11N7O/c21-12(15-13-16-18-19-17-13)7-6-10-8-14-20(9-10)11-4-2-1-3-5-11/h1-9H,(H2,15,16,17,18,19,21). The van der Waals surface area contributed by atoms with Crippen molar-refractivity contribution in [3.63, 3.8) is 0 Å². The first-order valence-electron chi connectivity index (χ1n) is 6.14. The monoisotopic (exact) mass is 281 g/mol. The molecule has 21 heavy (non-hydrogen) atoms. The normalized spacial score (nSPS) is 10.9. The molecule has 8 nitrogen and oxygen atoms in total. The Labute approximate surface area is 119 Å². The van der Waals surface area contributed by atoms with Crippen molar-refractivity contribution >= 4 is 17.9 Å². The molecule has 0 spiro atoms.